The monoisotopic (exact) mass is 316 g/mol. The molecule has 1 aromatic carbocycles. The predicted molar refractivity (Wildman–Crippen MR) is 84.0 cm³/mol. The van der Waals surface area contributed by atoms with Crippen LogP contribution in [0.3, 0.4) is 0 Å². The summed E-state index contributed by atoms with van der Waals surface area (Å²) < 4.78 is 40.6. The molecule has 0 bridgehead atoms. The molecule has 0 aromatic heterocycles. The highest BCUT2D eigenvalue weighted by atomic mass is 32.2. The van der Waals surface area contributed by atoms with Gasteiger partial charge in [-0.1, -0.05) is 33.1 Å². The number of sulfonamides is 1. The maximum absolute atomic E-state index is 13.5. The molecule has 1 unspecified atom stereocenters. The molecule has 0 aliphatic rings. The molecular weight excluding hydrogens is 291 g/mol. The Morgan fingerprint density at radius 3 is 2.52 bits per heavy atom. The zero-order chi connectivity index (χ0) is 16.0. The summed E-state index contributed by atoms with van der Waals surface area (Å²) in [6, 6.07) is 2.47. The zero-order valence-electron chi connectivity index (χ0n) is 12.9. The minimum Gasteiger partial charge on any atom is -0.396 e. The summed E-state index contributed by atoms with van der Waals surface area (Å²) in [7, 11) is -3.65. The first-order chi connectivity index (χ1) is 9.81. The van der Waals surface area contributed by atoms with E-state index in [0.29, 0.717) is 12.5 Å². The van der Waals surface area contributed by atoms with E-state index in [1.54, 1.807) is 0 Å². The number of halogens is 1. The number of hydrogen-bond donors (Lipinski definition) is 2. The van der Waals surface area contributed by atoms with Gasteiger partial charge in [0.2, 0.25) is 10.0 Å². The average molecular weight is 316 g/mol. The minimum absolute atomic E-state index is 0.0178. The number of unbranched alkanes of at least 4 members (excludes halogenated alkanes) is 1. The molecule has 0 saturated carbocycles. The van der Waals surface area contributed by atoms with Gasteiger partial charge < -0.3 is 5.73 Å². The second-order valence-electron chi connectivity index (χ2n) is 5.41. The van der Waals surface area contributed by atoms with Crippen molar-refractivity contribution in [2.24, 2.45) is 5.92 Å². The Kier molecular flexibility index (Phi) is 6.61. The Labute approximate surface area is 127 Å². The second-order valence-corrected chi connectivity index (χ2v) is 7.18. The number of nitrogen functional groups attached to an aromatic ring is 1. The summed E-state index contributed by atoms with van der Waals surface area (Å²) in [5.74, 6) is -0.248. The molecule has 1 atom stereocenters. The minimum atomic E-state index is -3.65. The highest BCUT2D eigenvalue weighted by molar-refractivity contribution is 7.89. The van der Waals surface area contributed by atoms with E-state index < -0.39 is 15.8 Å². The quantitative estimate of drug-likeness (QED) is 0.723. The number of benzene rings is 1. The van der Waals surface area contributed by atoms with Crippen LogP contribution in [-0.4, -0.2) is 15.0 Å². The third-order valence-electron chi connectivity index (χ3n) is 3.67. The molecule has 21 heavy (non-hydrogen) atoms. The van der Waals surface area contributed by atoms with Crippen LogP contribution in [0.4, 0.5) is 10.1 Å². The number of rotatable bonds is 8. The Hall–Kier alpha value is -1.14. The Balaban J connectivity index is 2.82. The molecule has 0 aliphatic heterocycles. The maximum atomic E-state index is 13.5. The number of aryl methyl sites for hydroxylation is 1. The SMILES string of the molecule is CCCCC(CC)CNS(=O)(=O)c1cc(C)c(F)c(N)c1. The number of nitrogens with one attached hydrogen (secondary N) is 1. The molecule has 1 rings (SSSR count). The van der Waals surface area contributed by atoms with Crippen molar-refractivity contribution in [1.29, 1.82) is 0 Å². The Bertz CT molecular complexity index is 550. The molecule has 0 radical (unpaired) electrons. The highest BCUT2D eigenvalue weighted by Gasteiger charge is 2.18. The number of hydrogen-bond acceptors (Lipinski definition) is 3. The van der Waals surface area contributed by atoms with E-state index in [1.165, 1.54) is 13.0 Å². The van der Waals surface area contributed by atoms with Gasteiger partial charge in [0.05, 0.1) is 10.6 Å². The molecule has 3 N–H and O–H groups in total. The van der Waals surface area contributed by atoms with Crippen molar-refractivity contribution in [3.8, 4) is 0 Å². The third-order valence-corrected chi connectivity index (χ3v) is 5.07. The highest BCUT2D eigenvalue weighted by Crippen LogP contribution is 2.21. The van der Waals surface area contributed by atoms with E-state index >= 15 is 0 Å². The van der Waals surface area contributed by atoms with E-state index in [9.17, 15) is 12.8 Å². The fourth-order valence-corrected chi connectivity index (χ4v) is 3.41. The Morgan fingerprint density at radius 1 is 1.33 bits per heavy atom. The lowest BCUT2D eigenvalue weighted by Gasteiger charge is -2.16. The van der Waals surface area contributed by atoms with Gasteiger partial charge in [-0.15, -0.1) is 0 Å². The molecule has 0 fully saturated rings. The number of nitrogens with two attached hydrogens (primary N) is 1. The molecule has 0 saturated heterocycles. The lowest BCUT2D eigenvalue weighted by atomic mass is 10.00. The van der Waals surface area contributed by atoms with Crippen molar-refractivity contribution in [2.45, 2.75) is 51.3 Å². The molecule has 120 valence electrons. The van der Waals surface area contributed by atoms with Gasteiger partial charge in [0.15, 0.2) is 0 Å². The Morgan fingerprint density at radius 2 is 2.00 bits per heavy atom. The molecule has 6 heteroatoms. The molecular formula is C15H25FN2O2S. The molecule has 1 aromatic rings. The largest absolute Gasteiger partial charge is 0.396 e. The van der Waals surface area contributed by atoms with Crippen molar-refractivity contribution in [2.75, 3.05) is 12.3 Å². The lowest BCUT2D eigenvalue weighted by molar-refractivity contribution is 0.443. The van der Waals surface area contributed by atoms with Crippen LogP contribution in [-0.2, 0) is 10.0 Å². The fourth-order valence-electron chi connectivity index (χ4n) is 2.17. The summed E-state index contributed by atoms with van der Waals surface area (Å²) in [4.78, 5) is 0.0178. The standard InChI is InChI=1S/C15H25FN2O2S/c1-4-6-7-12(5-2)10-18-21(19,20)13-8-11(3)15(16)14(17)9-13/h8-9,12,18H,4-7,10,17H2,1-3H3. The second kappa shape index (κ2) is 7.75. The van der Waals surface area contributed by atoms with E-state index in [2.05, 4.69) is 18.6 Å². The molecule has 4 nitrogen and oxygen atoms in total. The van der Waals surface area contributed by atoms with Gasteiger partial charge in [0.25, 0.3) is 0 Å². The summed E-state index contributed by atoms with van der Waals surface area (Å²) in [5, 5.41) is 0. The topological polar surface area (TPSA) is 72.2 Å². The predicted octanol–water partition coefficient (Wildman–Crippen LogP) is 3.21. The number of anilines is 1. The van der Waals surface area contributed by atoms with Crippen LogP contribution >= 0.6 is 0 Å². The van der Waals surface area contributed by atoms with Crippen molar-refractivity contribution >= 4 is 15.7 Å². The first kappa shape index (κ1) is 17.9. The van der Waals surface area contributed by atoms with Gasteiger partial charge in [-0.05, 0) is 37.0 Å². The van der Waals surface area contributed by atoms with Crippen LogP contribution in [0, 0.1) is 18.7 Å². The normalized spacial score (nSPS) is 13.3. The maximum Gasteiger partial charge on any atom is 0.240 e. The average Bonchev–Trinajstić information content (AvgIpc) is 2.44. The summed E-state index contributed by atoms with van der Waals surface area (Å²) in [5.41, 5.74) is 5.58. The van der Waals surface area contributed by atoms with Crippen LogP contribution in [0.1, 0.15) is 45.1 Å². The first-order valence-corrected chi connectivity index (χ1v) is 8.85. The molecule has 0 amide bonds. The van der Waals surface area contributed by atoms with E-state index in [-0.39, 0.29) is 16.1 Å². The van der Waals surface area contributed by atoms with E-state index in [0.717, 1.165) is 31.7 Å². The lowest BCUT2D eigenvalue weighted by Crippen LogP contribution is -2.29. The summed E-state index contributed by atoms with van der Waals surface area (Å²) >= 11 is 0. The van der Waals surface area contributed by atoms with E-state index in [1.807, 2.05) is 0 Å². The van der Waals surface area contributed by atoms with Crippen molar-refractivity contribution in [1.82, 2.24) is 4.72 Å². The molecule has 0 heterocycles. The zero-order valence-corrected chi connectivity index (χ0v) is 13.8. The van der Waals surface area contributed by atoms with Crippen molar-refractivity contribution in [3.63, 3.8) is 0 Å². The van der Waals surface area contributed by atoms with Crippen LogP contribution in [0.15, 0.2) is 17.0 Å². The smallest absolute Gasteiger partial charge is 0.240 e. The van der Waals surface area contributed by atoms with Crippen molar-refractivity contribution in [3.05, 3.63) is 23.5 Å². The van der Waals surface area contributed by atoms with Gasteiger partial charge in [0, 0.05) is 6.54 Å². The first-order valence-electron chi connectivity index (χ1n) is 7.37. The van der Waals surface area contributed by atoms with Gasteiger partial charge >= 0.3 is 0 Å². The van der Waals surface area contributed by atoms with Crippen molar-refractivity contribution < 1.29 is 12.8 Å². The summed E-state index contributed by atoms with van der Waals surface area (Å²) in [6.45, 7) is 6.06. The van der Waals surface area contributed by atoms with Crippen LogP contribution < -0.4 is 10.5 Å². The van der Waals surface area contributed by atoms with Gasteiger partial charge in [-0.3, -0.25) is 0 Å². The van der Waals surface area contributed by atoms with Crippen LogP contribution in [0.5, 0.6) is 0 Å². The molecule has 0 aliphatic carbocycles. The third kappa shape index (κ3) is 4.97. The molecule has 0 spiro atoms. The van der Waals surface area contributed by atoms with Crippen LogP contribution in [0.25, 0.3) is 0 Å². The van der Waals surface area contributed by atoms with E-state index in [4.69, 9.17) is 5.73 Å². The van der Waals surface area contributed by atoms with Gasteiger partial charge in [-0.2, -0.15) is 0 Å². The van der Waals surface area contributed by atoms with Gasteiger partial charge in [0.1, 0.15) is 5.82 Å². The summed E-state index contributed by atoms with van der Waals surface area (Å²) in [6.07, 6.45) is 4.10. The fraction of sp³-hybridized carbons (Fsp3) is 0.600. The van der Waals surface area contributed by atoms with Gasteiger partial charge in [-0.25, -0.2) is 17.5 Å². The van der Waals surface area contributed by atoms with Crippen LogP contribution in [0.2, 0.25) is 0 Å².